The zero-order valence-corrected chi connectivity index (χ0v) is 15.8. The van der Waals surface area contributed by atoms with Crippen LogP contribution in [0.5, 0.6) is 0 Å². The lowest BCUT2D eigenvalue weighted by Gasteiger charge is -2.21. The summed E-state index contributed by atoms with van der Waals surface area (Å²) in [7, 11) is 0. The molecular weight excluding hydrogens is 444 g/mol. The number of rotatable bonds is 5. The van der Waals surface area contributed by atoms with E-state index >= 15 is 0 Å². The topological polar surface area (TPSA) is 12.0 Å². The molecule has 1 atom stereocenters. The molecule has 0 aliphatic carbocycles. The van der Waals surface area contributed by atoms with E-state index in [0.29, 0.717) is 0 Å². The van der Waals surface area contributed by atoms with Crippen LogP contribution in [-0.2, 0) is 6.42 Å². The van der Waals surface area contributed by atoms with Crippen LogP contribution in [0.3, 0.4) is 0 Å². The molecular formula is C17H18BrFIN. The Morgan fingerprint density at radius 2 is 2.00 bits per heavy atom. The molecule has 21 heavy (non-hydrogen) atoms. The van der Waals surface area contributed by atoms with Crippen molar-refractivity contribution in [2.45, 2.75) is 26.3 Å². The first kappa shape index (κ1) is 16.9. The van der Waals surface area contributed by atoms with Crippen LogP contribution >= 0.6 is 38.5 Å². The first-order valence-electron chi connectivity index (χ1n) is 6.94. The molecule has 0 saturated carbocycles. The fourth-order valence-electron chi connectivity index (χ4n) is 2.43. The Balaban J connectivity index is 2.32. The first-order chi connectivity index (χ1) is 10.0. The van der Waals surface area contributed by atoms with E-state index in [1.54, 1.807) is 6.07 Å². The van der Waals surface area contributed by atoms with Gasteiger partial charge in [0.25, 0.3) is 0 Å². The van der Waals surface area contributed by atoms with Crippen molar-refractivity contribution in [2.24, 2.45) is 0 Å². The van der Waals surface area contributed by atoms with Crippen molar-refractivity contribution in [1.82, 2.24) is 5.32 Å². The largest absolute Gasteiger partial charge is 0.310 e. The highest BCUT2D eigenvalue weighted by atomic mass is 127. The molecule has 1 nitrogen and oxygen atoms in total. The van der Waals surface area contributed by atoms with Crippen LogP contribution in [0, 0.1) is 16.3 Å². The molecule has 2 rings (SSSR count). The molecule has 112 valence electrons. The average Bonchev–Trinajstić information content (AvgIpc) is 2.44. The molecule has 0 saturated heterocycles. The summed E-state index contributed by atoms with van der Waals surface area (Å²) >= 11 is 5.97. The predicted octanol–water partition coefficient (Wildman–Crippen LogP) is 5.39. The Labute approximate surface area is 147 Å². The summed E-state index contributed by atoms with van der Waals surface area (Å²) in [4.78, 5) is 0. The number of aryl methyl sites for hydroxylation is 1. The summed E-state index contributed by atoms with van der Waals surface area (Å²) in [6, 6.07) is 11.6. The number of nitrogens with one attached hydrogen (secondary N) is 1. The molecule has 0 amide bonds. The lowest BCUT2D eigenvalue weighted by Crippen LogP contribution is -2.23. The van der Waals surface area contributed by atoms with Crippen LogP contribution in [0.2, 0.25) is 0 Å². The third-order valence-corrected chi connectivity index (χ3v) is 4.91. The molecule has 1 N–H and O–H groups in total. The number of hydrogen-bond donors (Lipinski definition) is 1. The first-order valence-corrected chi connectivity index (χ1v) is 8.81. The monoisotopic (exact) mass is 461 g/mol. The van der Waals surface area contributed by atoms with Crippen LogP contribution in [0.1, 0.15) is 29.7 Å². The van der Waals surface area contributed by atoms with Crippen molar-refractivity contribution < 1.29 is 4.39 Å². The third kappa shape index (κ3) is 4.50. The molecule has 0 aromatic heterocycles. The zero-order chi connectivity index (χ0) is 15.4. The SMILES string of the molecule is CCNC(Cc1ccc(F)cc1C)c1cc(I)ccc1Br. The van der Waals surface area contributed by atoms with Gasteiger partial charge in [0.05, 0.1) is 0 Å². The number of likely N-dealkylation sites (N-methyl/N-ethyl adjacent to an activating group) is 1. The number of benzene rings is 2. The van der Waals surface area contributed by atoms with Gasteiger partial charge in [0.2, 0.25) is 0 Å². The minimum Gasteiger partial charge on any atom is -0.310 e. The molecule has 0 bridgehead atoms. The van der Waals surface area contributed by atoms with Gasteiger partial charge >= 0.3 is 0 Å². The van der Waals surface area contributed by atoms with Crippen molar-refractivity contribution >= 4 is 38.5 Å². The Hall–Kier alpha value is -0.460. The van der Waals surface area contributed by atoms with E-state index in [-0.39, 0.29) is 11.9 Å². The van der Waals surface area contributed by atoms with Crippen LogP contribution in [0.25, 0.3) is 0 Å². The van der Waals surface area contributed by atoms with Crippen molar-refractivity contribution in [1.29, 1.82) is 0 Å². The van der Waals surface area contributed by atoms with E-state index in [9.17, 15) is 4.39 Å². The lowest BCUT2D eigenvalue weighted by molar-refractivity contribution is 0.545. The molecule has 0 radical (unpaired) electrons. The fraction of sp³-hybridized carbons (Fsp3) is 0.294. The number of hydrogen-bond acceptors (Lipinski definition) is 1. The van der Waals surface area contributed by atoms with Gasteiger partial charge in [0, 0.05) is 14.1 Å². The Kier molecular flexibility index (Phi) is 6.20. The Morgan fingerprint density at radius 1 is 1.24 bits per heavy atom. The summed E-state index contributed by atoms with van der Waals surface area (Å²) in [5.41, 5.74) is 3.42. The summed E-state index contributed by atoms with van der Waals surface area (Å²) in [6.45, 7) is 4.96. The second kappa shape index (κ2) is 7.70. The molecule has 0 heterocycles. The normalized spacial score (nSPS) is 12.4. The molecule has 0 spiro atoms. The zero-order valence-electron chi connectivity index (χ0n) is 12.1. The predicted molar refractivity (Wildman–Crippen MR) is 98.1 cm³/mol. The van der Waals surface area contributed by atoms with E-state index in [2.05, 4.69) is 69.0 Å². The molecule has 0 fully saturated rings. The summed E-state index contributed by atoms with van der Waals surface area (Å²) in [5.74, 6) is -0.174. The molecule has 1 unspecified atom stereocenters. The fourth-order valence-corrected chi connectivity index (χ4v) is 3.47. The van der Waals surface area contributed by atoms with Crippen LogP contribution in [0.4, 0.5) is 4.39 Å². The van der Waals surface area contributed by atoms with E-state index in [1.165, 1.54) is 20.8 Å². The molecule has 0 aliphatic heterocycles. The Morgan fingerprint density at radius 3 is 2.67 bits per heavy atom. The average molecular weight is 462 g/mol. The van der Waals surface area contributed by atoms with Gasteiger partial charge < -0.3 is 5.32 Å². The summed E-state index contributed by atoms with van der Waals surface area (Å²) in [5, 5.41) is 3.53. The van der Waals surface area contributed by atoms with Crippen LogP contribution in [-0.4, -0.2) is 6.54 Å². The maximum absolute atomic E-state index is 13.2. The molecule has 4 heteroatoms. The minimum atomic E-state index is -0.174. The van der Waals surface area contributed by atoms with Gasteiger partial charge in [-0.2, -0.15) is 0 Å². The minimum absolute atomic E-state index is 0.174. The standard InChI is InChI=1S/C17H18BrFIN/c1-3-21-17(15-10-14(20)6-7-16(15)18)9-12-4-5-13(19)8-11(12)2/h4-8,10,17,21H,3,9H2,1-2H3. The smallest absolute Gasteiger partial charge is 0.123 e. The van der Waals surface area contributed by atoms with E-state index in [0.717, 1.165) is 23.0 Å². The van der Waals surface area contributed by atoms with Gasteiger partial charge in [-0.05, 0) is 89.5 Å². The van der Waals surface area contributed by atoms with E-state index in [1.807, 2.05) is 13.0 Å². The van der Waals surface area contributed by atoms with Gasteiger partial charge in [0.1, 0.15) is 5.82 Å². The summed E-state index contributed by atoms with van der Waals surface area (Å²) in [6.07, 6.45) is 0.846. The second-order valence-electron chi connectivity index (χ2n) is 5.05. The van der Waals surface area contributed by atoms with Crippen molar-refractivity contribution in [3.8, 4) is 0 Å². The van der Waals surface area contributed by atoms with Crippen LogP contribution in [0.15, 0.2) is 40.9 Å². The molecule has 0 aliphatic rings. The highest BCUT2D eigenvalue weighted by Gasteiger charge is 2.16. The third-order valence-electron chi connectivity index (χ3n) is 3.51. The van der Waals surface area contributed by atoms with Gasteiger partial charge in [-0.25, -0.2) is 4.39 Å². The van der Waals surface area contributed by atoms with Crippen LogP contribution < -0.4 is 5.32 Å². The maximum Gasteiger partial charge on any atom is 0.123 e. The van der Waals surface area contributed by atoms with Gasteiger partial charge in [-0.3, -0.25) is 0 Å². The number of halogens is 3. The van der Waals surface area contributed by atoms with Gasteiger partial charge in [0.15, 0.2) is 0 Å². The maximum atomic E-state index is 13.2. The highest BCUT2D eigenvalue weighted by Crippen LogP contribution is 2.28. The summed E-state index contributed by atoms with van der Waals surface area (Å²) < 4.78 is 15.6. The van der Waals surface area contributed by atoms with Crippen molar-refractivity contribution in [3.63, 3.8) is 0 Å². The lowest BCUT2D eigenvalue weighted by atomic mass is 9.96. The highest BCUT2D eigenvalue weighted by molar-refractivity contribution is 14.1. The Bertz CT molecular complexity index is 630. The van der Waals surface area contributed by atoms with Gasteiger partial charge in [-0.15, -0.1) is 0 Å². The quantitative estimate of drug-likeness (QED) is 0.588. The second-order valence-corrected chi connectivity index (χ2v) is 7.15. The van der Waals surface area contributed by atoms with Crippen molar-refractivity contribution in [2.75, 3.05) is 6.54 Å². The van der Waals surface area contributed by atoms with E-state index < -0.39 is 0 Å². The molecule has 2 aromatic carbocycles. The van der Waals surface area contributed by atoms with Gasteiger partial charge in [-0.1, -0.05) is 28.9 Å². The van der Waals surface area contributed by atoms with E-state index in [4.69, 9.17) is 0 Å². The van der Waals surface area contributed by atoms with Crippen molar-refractivity contribution in [3.05, 3.63) is 66.9 Å². The molecule has 2 aromatic rings.